The molecule has 1 saturated heterocycles. The van der Waals surface area contributed by atoms with E-state index in [1.807, 2.05) is 53.4 Å². The van der Waals surface area contributed by atoms with E-state index in [0.717, 1.165) is 28.2 Å². The smallest absolute Gasteiger partial charge is 0.266 e. The molecule has 4 heteroatoms. The molecule has 0 unspecified atom stereocenters. The van der Waals surface area contributed by atoms with E-state index in [0.29, 0.717) is 4.91 Å². The summed E-state index contributed by atoms with van der Waals surface area (Å²) in [4.78, 5) is 20.6. The summed E-state index contributed by atoms with van der Waals surface area (Å²) in [5.74, 6) is 0.0307. The third-order valence-corrected chi connectivity index (χ3v) is 6.22. The third-order valence-electron chi connectivity index (χ3n) is 5.24. The van der Waals surface area contributed by atoms with E-state index < -0.39 is 0 Å². The van der Waals surface area contributed by atoms with E-state index in [2.05, 4.69) is 45.0 Å². The molecule has 0 saturated carbocycles. The average Bonchev–Trinajstić information content (AvgIpc) is 3.04. The Bertz CT molecular complexity index is 1110. The normalized spacial score (nSPS) is 18.2. The molecule has 0 spiro atoms. The molecule has 3 nitrogen and oxygen atoms in total. The molecule has 29 heavy (non-hydrogen) atoms. The number of aryl methyl sites for hydroxylation is 1. The van der Waals surface area contributed by atoms with Crippen molar-refractivity contribution in [1.29, 1.82) is 0 Å². The fourth-order valence-corrected chi connectivity index (χ4v) is 4.46. The molecule has 1 heterocycles. The molecule has 0 bridgehead atoms. The van der Waals surface area contributed by atoms with Gasteiger partial charge in [-0.2, -0.15) is 0 Å². The van der Waals surface area contributed by atoms with Crippen molar-refractivity contribution >= 4 is 45.4 Å². The maximum absolute atomic E-state index is 13.3. The highest BCUT2D eigenvalue weighted by Gasteiger charge is 2.36. The molecule has 1 fully saturated rings. The number of hydrogen-bond acceptors (Lipinski definition) is 3. The summed E-state index contributed by atoms with van der Waals surface area (Å²) < 4.78 is 0. The van der Waals surface area contributed by atoms with E-state index >= 15 is 0 Å². The van der Waals surface area contributed by atoms with Crippen LogP contribution in [0.1, 0.15) is 31.4 Å². The van der Waals surface area contributed by atoms with Gasteiger partial charge in [0.1, 0.15) is 0 Å². The van der Waals surface area contributed by atoms with Crippen molar-refractivity contribution in [2.45, 2.75) is 33.2 Å². The van der Waals surface area contributed by atoms with Gasteiger partial charge in [0.05, 0.1) is 10.6 Å². The Labute approximate surface area is 176 Å². The van der Waals surface area contributed by atoms with E-state index in [4.69, 9.17) is 4.99 Å². The number of nitrogens with zero attached hydrogens (tertiary/aromatic N) is 2. The van der Waals surface area contributed by atoms with Crippen LogP contribution in [0.4, 0.5) is 5.69 Å². The van der Waals surface area contributed by atoms with Gasteiger partial charge in [-0.1, -0.05) is 67.1 Å². The van der Waals surface area contributed by atoms with Gasteiger partial charge in [0.2, 0.25) is 0 Å². The average molecular weight is 401 g/mol. The van der Waals surface area contributed by atoms with Gasteiger partial charge in [0.15, 0.2) is 5.17 Å². The lowest BCUT2D eigenvalue weighted by Crippen LogP contribution is -2.36. The zero-order valence-corrected chi connectivity index (χ0v) is 17.7. The molecule has 0 radical (unpaired) electrons. The SMILES string of the molecule is CC[C@@H](C)N1C(=O)/C(=C\c2cccc3ccccc23)SC1=Nc1ccc(C)cc1. The summed E-state index contributed by atoms with van der Waals surface area (Å²) in [6.45, 7) is 6.23. The van der Waals surface area contributed by atoms with Crippen molar-refractivity contribution in [3.63, 3.8) is 0 Å². The molecule has 1 aliphatic rings. The number of carbonyl (C=O) groups is 1. The van der Waals surface area contributed by atoms with Crippen LogP contribution in [0, 0.1) is 6.92 Å². The Morgan fingerprint density at radius 2 is 1.76 bits per heavy atom. The van der Waals surface area contributed by atoms with Crippen molar-refractivity contribution in [3.8, 4) is 0 Å². The number of benzene rings is 3. The summed E-state index contributed by atoms with van der Waals surface area (Å²) in [6, 6.07) is 22.6. The number of amides is 1. The van der Waals surface area contributed by atoms with Crippen LogP contribution < -0.4 is 0 Å². The van der Waals surface area contributed by atoms with E-state index in [1.165, 1.54) is 22.7 Å². The molecule has 1 amide bonds. The predicted octanol–water partition coefficient (Wildman–Crippen LogP) is 6.55. The Hall–Kier alpha value is -2.85. The summed E-state index contributed by atoms with van der Waals surface area (Å²) in [5, 5.41) is 3.07. The highest BCUT2D eigenvalue weighted by molar-refractivity contribution is 8.18. The van der Waals surface area contributed by atoms with Crippen molar-refractivity contribution in [1.82, 2.24) is 4.90 Å². The van der Waals surface area contributed by atoms with E-state index in [-0.39, 0.29) is 11.9 Å². The van der Waals surface area contributed by atoms with Crippen LogP contribution in [-0.2, 0) is 4.79 Å². The first-order valence-electron chi connectivity index (χ1n) is 9.93. The molecule has 0 aromatic heterocycles. The molecule has 1 aliphatic heterocycles. The Morgan fingerprint density at radius 3 is 2.52 bits per heavy atom. The Kier molecular flexibility index (Phi) is 5.54. The van der Waals surface area contributed by atoms with Crippen LogP contribution in [0.15, 0.2) is 76.6 Å². The summed E-state index contributed by atoms with van der Waals surface area (Å²) >= 11 is 1.46. The molecular weight excluding hydrogens is 376 g/mol. The zero-order valence-electron chi connectivity index (χ0n) is 16.9. The lowest BCUT2D eigenvalue weighted by atomic mass is 10.0. The zero-order chi connectivity index (χ0) is 20.4. The Morgan fingerprint density at radius 1 is 1.03 bits per heavy atom. The fraction of sp³-hybridized carbons (Fsp3) is 0.200. The number of thioether (sulfide) groups is 1. The van der Waals surface area contributed by atoms with Gasteiger partial charge in [-0.15, -0.1) is 0 Å². The van der Waals surface area contributed by atoms with Gasteiger partial charge < -0.3 is 0 Å². The lowest BCUT2D eigenvalue weighted by Gasteiger charge is -2.22. The number of carbonyl (C=O) groups excluding carboxylic acids is 1. The maximum atomic E-state index is 13.3. The van der Waals surface area contributed by atoms with Gasteiger partial charge in [-0.05, 0) is 66.6 Å². The number of fused-ring (bicyclic) bond motifs is 1. The van der Waals surface area contributed by atoms with E-state index in [9.17, 15) is 4.79 Å². The number of hydrogen-bond donors (Lipinski definition) is 0. The fourth-order valence-electron chi connectivity index (χ4n) is 3.38. The minimum atomic E-state index is 0.0307. The van der Waals surface area contributed by atoms with Crippen molar-refractivity contribution in [2.24, 2.45) is 4.99 Å². The highest BCUT2D eigenvalue weighted by Crippen LogP contribution is 2.36. The second kappa shape index (κ2) is 8.26. The molecular formula is C25H24N2OS. The quantitative estimate of drug-likeness (QED) is 0.465. The van der Waals surface area contributed by atoms with Crippen LogP contribution in [0.25, 0.3) is 16.8 Å². The topological polar surface area (TPSA) is 32.7 Å². The Balaban J connectivity index is 1.76. The van der Waals surface area contributed by atoms with Crippen LogP contribution in [0.5, 0.6) is 0 Å². The van der Waals surface area contributed by atoms with Crippen LogP contribution >= 0.6 is 11.8 Å². The minimum absolute atomic E-state index is 0.0307. The molecule has 3 aromatic carbocycles. The first-order chi connectivity index (χ1) is 14.1. The lowest BCUT2D eigenvalue weighted by molar-refractivity contribution is -0.123. The maximum Gasteiger partial charge on any atom is 0.266 e. The van der Waals surface area contributed by atoms with E-state index in [1.54, 1.807) is 0 Å². The first kappa shape index (κ1) is 19.5. The van der Waals surface area contributed by atoms with Gasteiger partial charge in [-0.25, -0.2) is 4.99 Å². The van der Waals surface area contributed by atoms with Crippen LogP contribution in [0.3, 0.4) is 0 Å². The van der Waals surface area contributed by atoms with Crippen LogP contribution in [0.2, 0.25) is 0 Å². The minimum Gasteiger partial charge on any atom is -0.284 e. The van der Waals surface area contributed by atoms with Gasteiger partial charge in [0, 0.05) is 6.04 Å². The summed E-state index contributed by atoms with van der Waals surface area (Å²) in [5.41, 5.74) is 3.12. The second-order valence-electron chi connectivity index (χ2n) is 7.34. The molecule has 0 aliphatic carbocycles. The summed E-state index contributed by atoms with van der Waals surface area (Å²) in [6.07, 6.45) is 2.88. The van der Waals surface area contributed by atoms with Crippen molar-refractivity contribution < 1.29 is 4.79 Å². The van der Waals surface area contributed by atoms with Gasteiger partial charge in [-0.3, -0.25) is 9.69 Å². The first-order valence-corrected chi connectivity index (χ1v) is 10.7. The number of amidine groups is 1. The second-order valence-corrected chi connectivity index (χ2v) is 8.35. The monoisotopic (exact) mass is 400 g/mol. The van der Waals surface area contributed by atoms with Gasteiger partial charge >= 0.3 is 0 Å². The number of rotatable bonds is 4. The highest BCUT2D eigenvalue weighted by atomic mass is 32.2. The number of aliphatic imine (C=N–C) groups is 1. The van der Waals surface area contributed by atoms with Crippen molar-refractivity contribution in [2.75, 3.05) is 0 Å². The molecule has 0 N–H and O–H groups in total. The summed E-state index contributed by atoms with van der Waals surface area (Å²) in [7, 11) is 0. The molecule has 3 aromatic rings. The van der Waals surface area contributed by atoms with Crippen LogP contribution in [-0.4, -0.2) is 22.0 Å². The third kappa shape index (κ3) is 3.99. The standard InChI is InChI=1S/C25H24N2OS/c1-4-18(3)27-24(28)23(29-25(27)26-21-14-12-17(2)13-15-21)16-20-10-7-9-19-8-5-6-11-22(19)20/h5-16,18H,4H2,1-3H3/b23-16+,26-25?/t18-/m1/s1. The van der Waals surface area contributed by atoms with Gasteiger partial charge in [0.25, 0.3) is 5.91 Å². The molecule has 1 atom stereocenters. The largest absolute Gasteiger partial charge is 0.284 e. The molecule has 4 rings (SSSR count). The predicted molar refractivity (Wildman–Crippen MR) is 124 cm³/mol. The molecule has 146 valence electrons. The van der Waals surface area contributed by atoms with Crippen molar-refractivity contribution in [3.05, 3.63) is 82.8 Å².